The second-order valence-electron chi connectivity index (χ2n) is 3.53. The molecule has 0 aromatic heterocycles. The molecule has 0 saturated heterocycles. The summed E-state index contributed by atoms with van der Waals surface area (Å²) < 4.78 is 24.1. The lowest BCUT2D eigenvalue weighted by atomic mass is 10.1. The predicted molar refractivity (Wildman–Crippen MR) is 60.7 cm³/mol. The smallest absolute Gasteiger partial charge is 0.265 e. The van der Waals surface area contributed by atoms with Crippen LogP contribution in [0.2, 0.25) is 0 Å². The number of hydrogen-bond donors (Lipinski definition) is 3. The van der Waals surface area contributed by atoms with Crippen LogP contribution in [0.5, 0.6) is 0 Å². The Morgan fingerprint density at radius 3 is 2.76 bits per heavy atom. The molecule has 0 bridgehead atoms. The lowest BCUT2D eigenvalue weighted by molar-refractivity contribution is 0.00384. The van der Waals surface area contributed by atoms with Crippen molar-refractivity contribution in [3.05, 3.63) is 23.8 Å². The molecule has 4 N–H and O–H groups in total. The van der Waals surface area contributed by atoms with E-state index in [4.69, 9.17) is 16.1 Å². The summed E-state index contributed by atoms with van der Waals surface area (Å²) in [6.45, 7) is -0.256. The number of nitriles is 1. The molecule has 0 radical (unpaired) electrons. The molecule has 0 spiro atoms. The molecule has 0 fully saturated rings. The molecule has 1 unspecified atom stereocenters. The van der Waals surface area contributed by atoms with Crippen molar-refractivity contribution < 1.29 is 13.9 Å². The van der Waals surface area contributed by atoms with Crippen LogP contribution in [0.4, 0.5) is 20.2 Å². The summed E-state index contributed by atoms with van der Waals surface area (Å²) in [4.78, 5) is 0. The molecule has 0 saturated carbocycles. The number of benzene rings is 1. The van der Waals surface area contributed by atoms with Gasteiger partial charge in [-0.2, -0.15) is 5.26 Å². The van der Waals surface area contributed by atoms with E-state index in [1.807, 2.05) is 6.07 Å². The van der Waals surface area contributed by atoms with Gasteiger partial charge in [0.25, 0.3) is 6.43 Å². The number of nitrogen functional groups attached to an aromatic ring is 1. The molecule has 92 valence electrons. The first-order valence-corrected chi connectivity index (χ1v) is 5.00. The van der Waals surface area contributed by atoms with Gasteiger partial charge in [-0.1, -0.05) is 0 Å². The molecule has 1 rings (SSSR count). The quantitative estimate of drug-likeness (QED) is 0.680. The zero-order chi connectivity index (χ0) is 12.8. The van der Waals surface area contributed by atoms with Crippen molar-refractivity contribution in [3.8, 4) is 6.07 Å². The van der Waals surface area contributed by atoms with Gasteiger partial charge in [-0.3, -0.25) is 0 Å². The molecule has 0 heterocycles. The highest BCUT2D eigenvalue weighted by Gasteiger charge is 2.16. The van der Waals surface area contributed by atoms with Gasteiger partial charge in [-0.05, 0) is 23.8 Å². The Labute approximate surface area is 97.7 Å². The van der Waals surface area contributed by atoms with Gasteiger partial charge in [0.1, 0.15) is 6.10 Å². The summed E-state index contributed by atoms with van der Waals surface area (Å²) >= 11 is 0. The number of nitrogens with two attached hydrogens (primary N) is 1. The Morgan fingerprint density at radius 2 is 2.18 bits per heavy atom. The van der Waals surface area contributed by atoms with Gasteiger partial charge in [-0.25, -0.2) is 8.78 Å². The van der Waals surface area contributed by atoms with E-state index in [2.05, 4.69) is 5.32 Å². The lowest BCUT2D eigenvalue weighted by Crippen LogP contribution is -2.26. The molecular weight excluding hydrogens is 228 g/mol. The Balaban J connectivity index is 2.66. The molecule has 0 aliphatic carbocycles. The molecule has 1 aromatic carbocycles. The highest BCUT2D eigenvalue weighted by Crippen LogP contribution is 2.18. The molecular formula is C11H13F2N3O. The standard InChI is InChI=1S/C11H13F2N3O/c12-11(13)10(17)6-16-8-1-2-9(15)7(5-8)3-4-14/h1-2,5,10-11,16-17H,3,6,15H2. The number of anilines is 2. The number of hydrogen-bond acceptors (Lipinski definition) is 4. The summed E-state index contributed by atoms with van der Waals surface area (Å²) in [6.07, 6.45) is -4.35. The average Bonchev–Trinajstić information content (AvgIpc) is 2.29. The van der Waals surface area contributed by atoms with Crippen molar-refractivity contribution in [2.24, 2.45) is 0 Å². The van der Waals surface area contributed by atoms with E-state index in [1.165, 1.54) is 0 Å². The highest BCUT2D eigenvalue weighted by atomic mass is 19.3. The molecule has 0 amide bonds. The van der Waals surface area contributed by atoms with Gasteiger partial charge in [0.05, 0.1) is 12.5 Å². The Morgan fingerprint density at radius 1 is 1.47 bits per heavy atom. The maximum Gasteiger partial charge on any atom is 0.265 e. The maximum atomic E-state index is 12.0. The van der Waals surface area contributed by atoms with Crippen LogP contribution in [-0.4, -0.2) is 24.2 Å². The predicted octanol–water partition coefficient (Wildman–Crippen LogP) is 1.37. The first kappa shape index (κ1) is 13.2. The summed E-state index contributed by atoms with van der Waals surface area (Å²) in [5.41, 5.74) is 7.28. The highest BCUT2D eigenvalue weighted by molar-refractivity contribution is 5.58. The minimum atomic E-state index is -2.78. The normalized spacial score (nSPS) is 12.2. The van der Waals surface area contributed by atoms with Gasteiger partial charge in [0, 0.05) is 17.9 Å². The summed E-state index contributed by atoms with van der Waals surface area (Å²) in [7, 11) is 0. The molecule has 6 heteroatoms. The van der Waals surface area contributed by atoms with Gasteiger partial charge in [-0.15, -0.1) is 0 Å². The van der Waals surface area contributed by atoms with Crippen molar-refractivity contribution in [1.29, 1.82) is 5.26 Å². The summed E-state index contributed by atoms with van der Waals surface area (Å²) in [6, 6.07) is 6.76. The van der Waals surface area contributed by atoms with Crippen molar-refractivity contribution in [2.75, 3.05) is 17.6 Å². The minimum Gasteiger partial charge on any atom is -0.398 e. The SMILES string of the molecule is N#CCc1cc(NCC(O)C(F)F)ccc1N. The van der Waals surface area contributed by atoms with E-state index >= 15 is 0 Å². The first-order valence-electron chi connectivity index (χ1n) is 5.00. The van der Waals surface area contributed by atoms with Crippen molar-refractivity contribution in [2.45, 2.75) is 19.0 Å². The zero-order valence-electron chi connectivity index (χ0n) is 9.03. The van der Waals surface area contributed by atoms with Crippen molar-refractivity contribution in [3.63, 3.8) is 0 Å². The number of nitrogens with zero attached hydrogens (tertiary/aromatic N) is 1. The van der Waals surface area contributed by atoms with Crippen LogP contribution in [-0.2, 0) is 6.42 Å². The van der Waals surface area contributed by atoms with Crippen LogP contribution in [0.3, 0.4) is 0 Å². The maximum absolute atomic E-state index is 12.0. The molecule has 1 aromatic rings. The largest absolute Gasteiger partial charge is 0.398 e. The van der Waals surface area contributed by atoms with Gasteiger partial charge >= 0.3 is 0 Å². The number of aliphatic hydroxyl groups excluding tert-OH is 1. The first-order chi connectivity index (χ1) is 8.04. The van der Waals surface area contributed by atoms with Crippen LogP contribution < -0.4 is 11.1 Å². The number of alkyl halides is 2. The van der Waals surface area contributed by atoms with Gasteiger partial charge in [0.15, 0.2) is 0 Å². The Hall–Kier alpha value is -1.87. The summed E-state index contributed by atoms with van der Waals surface area (Å²) in [5.74, 6) is 0. The van der Waals surface area contributed by atoms with Crippen LogP contribution in [0.25, 0.3) is 0 Å². The molecule has 0 aliphatic heterocycles. The van der Waals surface area contributed by atoms with E-state index in [-0.39, 0.29) is 13.0 Å². The fourth-order valence-electron chi connectivity index (χ4n) is 1.27. The number of rotatable bonds is 5. The second kappa shape index (κ2) is 6.01. The topological polar surface area (TPSA) is 82.1 Å². The third-order valence-corrected chi connectivity index (χ3v) is 2.22. The second-order valence-corrected chi connectivity index (χ2v) is 3.53. The molecule has 1 atom stereocenters. The van der Waals surface area contributed by atoms with Gasteiger partial charge < -0.3 is 16.2 Å². The minimum absolute atomic E-state index is 0.152. The fourth-order valence-corrected chi connectivity index (χ4v) is 1.27. The summed E-state index contributed by atoms with van der Waals surface area (Å²) in [5, 5.41) is 20.1. The van der Waals surface area contributed by atoms with E-state index < -0.39 is 12.5 Å². The third kappa shape index (κ3) is 3.89. The van der Waals surface area contributed by atoms with Crippen LogP contribution in [0, 0.1) is 11.3 Å². The van der Waals surface area contributed by atoms with E-state index in [9.17, 15) is 8.78 Å². The average molecular weight is 241 g/mol. The van der Waals surface area contributed by atoms with Crippen LogP contribution in [0.1, 0.15) is 5.56 Å². The number of halogens is 2. The molecule has 17 heavy (non-hydrogen) atoms. The van der Waals surface area contributed by atoms with Gasteiger partial charge in [0.2, 0.25) is 0 Å². The van der Waals surface area contributed by atoms with E-state index in [0.717, 1.165) is 0 Å². The van der Waals surface area contributed by atoms with E-state index in [1.54, 1.807) is 18.2 Å². The van der Waals surface area contributed by atoms with Crippen LogP contribution >= 0.6 is 0 Å². The molecule has 4 nitrogen and oxygen atoms in total. The number of aliphatic hydroxyl groups is 1. The number of nitrogens with one attached hydrogen (secondary N) is 1. The van der Waals surface area contributed by atoms with E-state index in [0.29, 0.717) is 16.9 Å². The third-order valence-electron chi connectivity index (χ3n) is 2.22. The monoisotopic (exact) mass is 241 g/mol. The zero-order valence-corrected chi connectivity index (χ0v) is 9.03. The van der Waals surface area contributed by atoms with Crippen molar-refractivity contribution >= 4 is 11.4 Å². The lowest BCUT2D eigenvalue weighted by Gasteiger charge is -2.13. The van der Waals surface area contributed by atoms with Crippen molar-refractivity contribution in [1.82, 2.24) is 0 Å². The van der Waals surface area contributed by atoms with Crippen LogP contribution in [0.15, 0.2) is 18.2 Å². The molecule has 0 aliphatic rings. The Kier molecular flexibility index (Phi) is 4.67. The Bertz CT molecular complexity index is 418. The fraction of sp³-hybridized carbons (Fsp3) is 0.364.